The molecule has 1 aromatic carbocycles. The molecular weight excluding hydrogens is 258 g/mol. The first-order valence-electron chi connectivity index (χ1n) is 5.96. The van der Waals surface area contributed by atoms with E-state index in [1.807, 2.05) is 31.2 Å². The Morgan fingerprint density at radius 2 is 2.21 bits per heavy atom. The zero-order chi connectivity index (χ0) is 13.8. The predicted octanol–water partition coefficient (Wildman–Crippen LogP) is 2.29. The number of aromatic nitrogens is 1. The van der Waals surface area contributed by atoms with Gasteiger partial charge in [0.2, 0.25) is 0 Å². The Balaban J connectivity index is 2.35. The Hall–Kier alpha value is -1.93. The highest BCUT2D eigenvalue weighted by Gasteiger charge is 2.08. The number of anilines is 1. The van der Waals surface area contributed by atoms with E-state index in [4.69, 9.17) is 0 Å². The van der Waals surface area contributed by atoms with Crippen molar-refractivity contribution in [2.45, 2.75) is 13.0 Å². The summed E-state index contributed by atoms with van der Waals surface area (Å²) in [4.78, 5) is 4.47. The molecule has 0 aliphatic rings. The summed E-state index contributed by atoms with van der Waals surface area (Å²) in [6, 6.07) is 11.5. The van der Waals surface area contributed by atoms with E-state index in [0.717, 1.165) is 10.9 Å². The van der Waals surface area contributed by atoms with E-state index < -0.39 is 10.8 Å². The van der Waals surface area contributed by atoms with Gasteiger partial charge in [-0.25, -0.2) is 4.98 Å². The van der Waals surface area contributed by atoms with E-state index in [1.54, 1.807) is 12.3 Å². The topological polar surface area (TPSA) is 65.8 Å². The maximum Gasteiger partial charge on any atom is 0.128 e. The summed E-state index contributed by atoms with van der Waals surface area (Å²) in [5, 5.41) is 13.2. The number of nitrogens with one attached hydrogen (secondary N) is 1. The number of nitrogens with zero attached hydrogens (tertiary/aromatic N) is 2. The fraction of sp³-hybridized carbons (Fsp3) is 0.286. The largest absolute Gasteiger partial charge is 0.367 e. The van der Waals surface area contributed by atoms with Gasteiger partial charge in [-0.1, -0.05) is 18.2 Å². The van der Waals surface area contributed by atoms with Gasteiger partial charge in [0.05, 0.1) is 17.1 Å². The number of hydrogen-bond acceptors (Lipinski definition) is 4. The standard InChI is InChI=1S/C14H15N3OS/c1-10(9-19(2)18)16-14-7-11(8-15)12-5-3-4-6-13(12)17-14/h3-7,10H,9H2,1-2H3,(H,16,17). The minimum atomic E-state index is -0.859. The quantitative estimate of drug-likeness (QED) is 0.928. The Labute approximate surface area is 114 Å². The molecule has 0 fully saturated rings. The first kappa shape index (κ1) is 13.5. The molecule has 0 spiro atoms. The van der Waals surface area contributed by atoms with E-state index in [2.05, 4.69) is 16.4 Å². The highest BCUT2D eigenvalue weighted by molar-refractivity contribution is 7.84. The maximum atomic E-state index is 11.2. The molecule has 2 atom stereocenters. The lowest BCUT2D eigenvalue weighted by atomic mass is 10.1. The number of benzene rings is 1. The average molecular weight is 273 g/mol. The number of para-hydroxylation sites is 1. The van der Waals surface area contributed by atoms with Gasteiger partial charge < -0.3 is 5.32 Å². The van der Waals surface area contributed by atoms with Crippen LogP contribution in [0.1, 0.15) is 12.5 Å². The summed E-state index contributed by atoms with van der Waals surface area (Å²) >= 11 is 0. The predicted molar refractivity (Wildman–Crippen MR) is 78.5 cm³/mol. The lowest BCUT2D eigenvalue weighted by Gasteiger charge is -2.14. The lowest BCUT2D eigenvalue weighted by Crippen LogP contribution is -2.22. The van der Waals surface area contributed by atoms with Gasteiger partial charge in [0, 0.05) is 34.2 Å². The molecule has 0 radical (unpaired) electrons. The van der Waals surface area contributed by atoms with Crippen molar-refractivity contribution in [3.8, 4) is 6.07 Å². The molecular formula is C14H15N3OS. The number of hydrogen-bond donors (Lipinski definition) is 1. The average Bonchev–Trinajstić information content (AvgIpc) is 2.36. The third-order valence-electron chi connectivity index (χ3n) is 2.72. The van der Waals surface area contributed by atoms with Crippen molar-refractivity contribution < 1.29 is 4.21 Å². The SMILES string of the molecule is CC(CS(C)=O)Nc1cc(C#N)c2ccccc2n1. The summed E-state index contributed by atoms with van der Waals surface area (Å²) in [6.07, 6.45) is 1.67. The van der Waals surface area contributed by atoms with Crippen LogP contribution in [-0.2, 0) is 10.8 Å². The van der Waals surface area contributed by atoms with Gasteiger partial charge >= 0.3 is 0 Å². The van der Waals surface area contributed by atoms with E-state index in [1.165, 1.54) is 0 Å². The van der Waals surface area contributed by atoms with Crippen molar-refractivity contribution in [3.63, 3.8) is 0 Å². The molecule has 0 bridgehead atoms. The molecule has 2 rings (SSSR count). The molecule has 1 heterocycles. The van der Waals surface area contributed by atoms with Gasteiger partial charge in [-0.05, 0) is 19.1 Å². The zero-order valence-corrected chi connectivity index (χ0v) is 11.7. The molecule has 5 heteroatoms. The van der Waals surface area contributed by atoms with E-state index in [9.17, 15) is 9.47 Å². The second-order valence-electron chi connectivity index (χ2n) is 4.47. The molecule has 0 saturated carbocycles. The smallest absolute Gasteiger partial charge is 0.128 e. The first-order valence-corrected chi connectivity index (χ1v) is 7.69. The molecule has 19 heavy (non-hydrogen) atoms. The molecule has 0 saturated heterocycles. The Kier molecular flexibility index (Phi) is 4.13. The summed E-state index contributed by atoms with van der Waals surface area (Å²) in [5.74, 6) is 1.20. The normalized spacial score (nSPS) is 13.7. The van der Waals surface area contributed by atoms with Crippen molar-refractivity contribution in [1.29, 1.82) is 5.26 Å². The second kappa shape index (κ2) is 5.81. The van der Waals surface area contributed by atoms with Crippen molar-refractivity contribution in [2.24, 2.45) is 0 Å². The van der Waals surface area contributed by atoms with Gasteiger partial charge in [-0.15, -0.1) is 0 Å². The molecule has 0 aliphatic carbocycles. The van der Waals surface area contributed by atoms with Crippen molar-refractivity contribution in [2.75, 3.05) is 17.3 Å². The number of pyridine rings is 1. The minimum absolute atomic E-state index is 0.0473. The minimum Gasteiger partial charge on any atom is -0.367 e. The number of fused-ring (bicyclic) bond motifs is 1. The van der Waals surface area contributed by atoms with Gasteiger partial charge in [0.25, 0.3) is 0 Å². The highest BCUT2D eigenvalue weighted by Crippen LogP contribution is 2.20. The number of nitriles is 1. The first-order chi connectivity index (χ1) is 9.10. The fourth-order valence-electron chi connectivity index (χ4n) is 1.99. The molecule has 0 aliphatic heterocycles. The highest BCUT2D eigenvalue weighted by atomic mass is 32.2. The van der Waals surface area contributed by atoms with Gasteiger partial charge in [0.15, 0.2) is 0 Å². The zero-order valence-electron chi connectivity index (χ0n) is 10.9. The van der Waals surface area contributed by atoms with Crippen LogP contribution >= 0.6 is 0 Å². The van der Waals surface area contributed by atoms with Crippen LogP contribution in [0.2, 0.25) is 0 Å². The fourth-order valence-corrected chi connectivity index (χ4v) is 2.78. The van der Waals surface area contributed by atoms with Crippen molar-refractivity contribution in [3.05, 3.63) is 35.9 Å². The van der Waals surface area contributed by atoms with Crippen LogP contribution in [0, 0.1) is 11.3 Å². The van der Waals surface area contributed by atoms with Crippen LogP contribution in [-0.4, -0.2) is 27.2 Å². The Bertz CT molecular complexity index is 663. The summed E-state index contributed by atoms with van der Waals surface area (Å²) in [7, 11) is -0.859. The Morgan fingerprint density at radius 3 is 2.89 bits per heavy atom. The Morgan fingerprint density at radius 1 is 1.47 bits per heavy atom. The lowest BCUT2D eigenvalue weighted by molar-refractivity contribution is 0.683. The van der Waals surface area contributed by atoms with Crippen molar-refractivity contribution >= 4 is 27.5 Å². The van der Waals surface area contributed by atoms with Gasteiger partial charge in [-0.2, -0.15) is 5.26 Å². The van der Waals surface area contributed by atoms with Crippen molar-refractivity contribution in [1.82, 2.24) is 4.98 Å². The molecule has 4 nitrogen and oxygen atoms in total. The van der Waals surface area contributed by atoms with Crippen LogP contribution in [0.3, 0.4) is 0 Å². The molecule has 98 valence electrons. The second-order valence-corrected chi connectivity index (χ2v) is 5.95. The molecule has 2 aromatic rings. The van der Waals surface area contributed by atoms with E-state index in [0.29, 0.717) is 17.1 Å². The van der Waals surface area contributed by atoms with Gasteiger partial charge in [-0.3, -0.25) is 4.21 Å². The van der Waals surface area contributed by atoms with Crippen LogP contribution < -0.4 is 5.32 Å². The molecule has 1 N–H and O–H groups in total. The summed E-state index contributed by atoms with van der Waals surface area (Å²) in [6.45, 7) is 1.95. The van der Waals surface area contributed by atoms with Crippen LogP contribution in [0.5, 0.6) is 0 Å². The van der Waals surface area contributed by atoms with Crippen LogP contribution in [0.15, 0.2) is 30.3 Å². The molecule has 1 aromatic heterocycles. The van der Waals surface area contributed by atoms with Crippen LogP contribution in [0.25, 0.3) is 10.9 Å². The summed E-state index contributed by atoms with van der Waals surface area (Å²) < 4.78 is 11.2. The third-order valence-corrected chi connectivity index (χ3v) is 3.69. The summed E-state index contributed by atoms with van der Waals surface area (Å²) in [5.41, 5.74) is 1.38. The van der Waals surface area contributed by atoms with E-state index in [-0.39, 0.29) is 6.04 Å². The molecule has 2 unspecified atom stereocenters. The van der Waals surface area contributed by atoms with Gasteiger partial charge in [0.1, 0.15) is 5.82 Å². The maximum absolute atomic E-state index is 11.2. The third kappa shape index (κ3) is 3.30. The van der Waals surface area contributed by atoms with Crippen LogP contribution in [0.4, 0.5) is 5.82 Å². The number of rotatable bonds is 4. The molecule has 0 amide bonds. The monoisotopic (exact) mass is 273 g/mol. The van der Waals surface area contributed by atoms with E-state index >= 15 is 0 Å².